The number of aryl methyl sites for hydroxylation is 1. The van der Waals surface area contributed by atoms with Crippen molar-refractivity contribution in [1.29, 1.82) is 0 Å². The lowest BCUT2D eigenvalue weighted by Crippen LogP contribution is -2.37. The number of ether oxygens (including phenoxy) is 2. The highest BCUT2D eigenvalue weighted by Crippen LogP contribution is 2.50. The lowest BCUT2D eigenvalue weighted by molar-refractivity contribution is -0.126. The van der Waals surface area contributed by atoms with Crippen LogP contribution in [0.3, 0.4) is 0 Å². The van der Waals surface area contributed by atoms with Gasteiger partial charge in [-0.3, -0.25) is 14.4 Å². The van der Waals surface area contributed by atoms with Gasteiger partial charge in [-0.1, -0.05) is 29.8 Å². The molecule has 0 aromatic heterocycles. The monoisotopic (exact) mass is 478 g/mol. The number of hydroxylamine groups is 1. The number of amides is 2. The fourth-order valence-corrected chi connectivity index (χ4v) is 4.78. The summed E-state index contributed by atoms with van der Waals surface area (Å²) in [5, 5.41) is 2.19. The smallest absolute Gasteiger partial charge is 0.266 e. The number of nitrogens with zero attached hydrogens (tertiary/aromatic N) is 2. The third-order valence-corrected chi connectivity index (χ3v) is 6.56. The predicted molar refractivity (Wildman–Crippen MR) is 128 cm³/mol. The van der Waals surface area contributed by atoms with E-state index in [1.807, 2.05) is 37.3 Å². The molecule has 7 nitrogen and oxygen atoms in total. The lowest BCUT2D eigenvalue weighted by atomic mass is 9.89. The number of rotatable bonds is 5. The summed E-state index contributed by atoms with van der Waals surface area (Å²) in [4.78, 5) is 34.6. The molecule has 2 fully saturated rings. The van der Waals surface area contributed by atoms with E-state index in [-0.39, 0.29) is 5.91 Å². The SMILES string of the molecule is COc1ccc([C@H]2[C@H]3C(=O)N(c4ccc(Cl)cc4)C(=O)[C@@H]3ON2c2ccccc2C)c(OC)c1. The Kier molecular flexibility index (Phi) is 5.67. The molecule has 34 heavy (non-hydrogen) atoms. The molecular weight excluding hydrogens is 456 g/mol. The molecule has 0 unspecified atom stereocenters. The van der Waals surface area contributed by atoms with Crippen molar-refractivity contribution in [3.63, 3.8) is 0 Å². The number of hydrogen-bond donors (Lipinski definition) is 0. The summed E-state index contributed by atoms with van der Waals surface area (Å²) in [6, 6.07) is 19.1. The minimum absolute atomic E-state index is 0.337. The van der Waals surface area contributed by atoms with Crippen LogP contribution < -0.4 is 19.4 Å². The van der Waals surface area contributed by atoms with Crippen LogP contribution in [0.25, 0.3) is 0 Å². The first kappa shape index (κ1) is 22.3. The standard InChI is InChI=1S/C26H23ClN2O5/c1-15-6-4-5-7-20(15)29-23(19-13-12-18(32-2)14-21(19)33-3)22-24(34-29)26(31)28(25(22)30)17-10-8-16(27)9-11-17/h4-14,22-24H,1-3H3/t22-,23+,24-/m1/s1. The van der Waals surface area contributed by atoms with Gasteiger partial charge < -0.3 is 9.47 Å². The summed E-state index contributed by atoms with van der Waals surface area (Å²) in [6.07, 6.45) is -0.973. The van der Waals surface area contributed by atoms with E-state index in [4.69, 9.17) is 25.9 Å². The van der Waals surface area contributed by atoms with E-state index in [0.29, 0.717) is 22.2 Å². The Morgan fingerprint density at radius 1 is 0.912 bits per heavy atom. The van der Waals surface area contributed by atoms with Gasteiger partial charge in [-0.05, 0) is 55.0 Å². The van der Waals surface area contributed by atoms with Crippen molar-refractivity contribution >= 4 is 34.8 Å². The molecule has 0 spiro atoms. The van der Waals surface area contributed by atoms with Crippen LogP contribution in [0.15, 0.2) is 66.7 Å². The third-order valence-electron chi connectivity index (χ3n) is 6.31. The normalized spacial score (nSPS) is 21.7. The average Bonchev–Trinajstić information content (AvgIpc) is 3.35. The van der Waals surface area contributed by atoms with Crippen molar-refractivity contribution in [2.45, 2.75) is 19.1 Å². The molecule has 3 aromatic rings. The summed E-state index contributed by atoms with van der Waals surface area (Å²) < 4.78 is 11.0. The molecule has 2 aliphatic heterocycles. The number of carbonyl (C=O) groups is 2. The van der Waals surface area contributed by atoms with E-state index in [1.165, 1.54) is 4.90 Å². The molecule has 0 saturated carbocycles. The predicted octanol–water partition coefficient (Wildman–Crippen LogP) is 4.72. The molecule has 2 heterocycles. The summed E-state index contributed by atoms with van der Waals surface area (Å²) in [5.41, 5.74) is 2.91. The summed E-state index contributed by atoms with van der Waals surface area (Å²) in [7, 11) is 3.14. The van der Waals surface area contributed by atoms with Crippen LogP contribution in [0.5, 0.6) is 11.5 Å². The summed E-state index contributed by atoms with van der Waals surface area (Å²) in [6.45, 7) is 1.96. The molecule has 0 aliphatic carbocycles. The largest absolute Gasteiger partial charge is 0.497 e. The number of methoxy groups -OCH3 is 2. The number of anilines is 2. The fourth-order valence-electron chi connectivity index (χ4n) is 4.66. The van der Waals surface area contributed by atoms with Crippen LogP contribution in [0.1, 0.15) is 17.2 Å². The van der Waals surface area contributed by atoms with Crippen LogP contribution in [0.4, 0.5) is 11.4 Å². The molecule has 2 amide bonds. The molecule has 0 radical (unpaired) electrons. The maximum absolute atomic E-state index is 13.8. The maximum Gasteiger partial charge on any atom is 0.266 e. The van der Waals surface area contributed by atoms with E-state index in [1.54, 1.807) is 55.7 Å². The van der Waals surface area contributed by atoms with Gasteiger partial charge in [0.1, 0.15) is 17.4 Å². The van der Waals surface area contributed by atoms with Crippen molar-refractivity contribution in [2.75, 3.05) is 24.2 Å². The second kappa shape index (κ2) is 8.66. The second-order valence-corrected chi connectivity index (χ2v) is 8.64. The average molecular weight is 479 g/mol. The lowest BCUT2D eigenvalue weighted by Gasteiger charge is -2.30. The van der Waals surface area contributed by atoms with E-state index in [9.17, 15) is 9.59 Å². The van der Waals surface area contributed by atoms with Gasteiger partial charge in [0.15, 0.2) is 6.10 Å². The Balaban J connectivity index is 1.64. The second-order valence-electron chi connectivity index (χ2n) is 8.21. The number of halogens is 1. The number of carbonyl (C=O) groups excluding carboxylic acids is 2. The highest BCUT2D eigenvalue weighted by Gasteiger charge is 2.60. The van der Waals surface area contributed by atoms with Gasteiger partial charge in [0.25, 0.3) is 5.91 Å². The van der Waals surface area contributed by atoms with Crippen LogP contribution in [0.2, 0.25) is 5.02 Å². The Labute approximate surface area is 202 Å². The van der Waals surface area contributed by atoms with Crippen LogP contribution >= 0.6 is 11.6 Å². The quantitative estimate of drug-likeness (QED) is 0.494. The first-order valence-electron chi connectivity index (χ1n) is 10.8. The zero-order valence-corrected chi connectivity index (χ0v) is 19.7. The van der Waals surface area contributed by atoms with E-state index in [2.05, 4.69) is 0 Å². The van der Waals surface area contributed by atoms with Gasteiger partial charge >= 0.3 is 0 Å². The van der Waals surface area contributed by atoms with E-state index in [0.717, 1.165) is 16.8 Å². The number of fused-ring (bicyclic) bond motifs is 1. The van der Waals surface area contributed by atoms with Gasteiger partial charge in [0.2, 0.25) is 5.91 Å². The zero-order valence-electron chi connectivity index (χ0n) is 18.9. The third kappa shape index (κ3) is 3.48. The zero-order chi connectivity index (χ0) is 24.0. The Bertz CT molecular complexity index is 1260. The molecule has 2 aliphatic rings. The molecular formula is C26H23ClN2O5. The molecule has 2 saturated heterocycles. The van der Waals surface area contributed by atoms with E-state index < -0.39 is 24.0 Å². The Morgan fingerprint density at radius 2 is 1.65 bits per heavy atom. The van der Waals surface area contributed by atoms with Crippen LogP contribution in [-0.2, 0) is 14.4 Å². The molecule has 0 bridgehead atoms. The minimum atomic E-state index is -0.973. The van der Waals surface area contributed by atoms with Crippen LogP contribution in [0, 0.1) is 12.8 Å². The molecule has 0 N–H and O–H groups in total. The number of benzene rings is 3. The molecule has 3 aromatic carbocycles. The van der Waals surface area contributed by atoms with Gasteiger partial charge in [-0.2, -0.15) is 0 Å². The fraction of sp³-hybridized carbons (Fsp3) is 0.231. The Morgan fingerprint density at radius 3 is 2.32 bits per heavy atom. The van der Waals surface area contributed by atoms with Crippen molar-refractivity contribution in [1.82, 2.24) is 0 Å². The van der Waals surface area contributed by atoms with Crippen LogP contribution in [-0.4, -0.2) is 32.1 Å². The van der Waals surface area contributed by atoms with Gasteiger partial charge in [-0.25, -0.2) is 9.96 Å². The number of para-hydroxylation sites is 1. The highest BCUT2D eigenvalue weighted by atomic mass is 35.5. The first-order chi connectivity index (χ1) is 16.4. The van der Waals surface area contributed by atoms with Crippen molar-refractivity contribution in [3.8, 4) is 11.5 Å². The summed E-state index contributed by atoms with van der Waals surface area (Å²) in [5.74, 6) is -0.361. The topological polar surface area (TPSA) is 68.3 Å². The van der Waals surface area contributed by atoms with Gasteiger partial charge in [-0.15, -0.1) is 0 Å². The first-order valence-corrected chi connectivity index (χ1v) is 11.2. The molecule has 5 rings (SSSR count). The van der Waals surface area contributed by atoms with Gasteiger partial charge in [0, 0.05) is 16.7 Å². The number of hydrogen-bond acceptors (Lipinski definition) is 6. The highest BCUT2D eigenvalue weighted by molar-refractivity contribution is 6.31. The van der Waals surface area contributed by atoms with Crippen molar-refractivity contribution in [3.05, 3.63) is 82.9 Å². The van der Waals surface area contributed by atoms with Gasteiger partial charge in [0.05, 0.1) is 31.6 Å². The molecule has 8 heteroatoms. The van der Waals surface area contributed by atoms with E-state index >= 15 is 0 Å². The van der Waals surface area contributed by atoms with Crippen molar-refractivity contribution in [2.24, 2.45) is 5.92 Å². The van der Waals surface area contributed by atoms with Crippen molar-refractivity contribution < 1.29 is 23.9 Å². The summed E-state index contributed by atoms with van der Waals surface area (Å²) >= 11 is 6.01. The molecule has 3 atom stereocenters. The Hall–Kier alpha value is -3.55. The number of imide groups is 1. The maximum atomic E-state index is 13.8. The molecule has 174 valence electrons. The minimum Gasteiger partial charge on any atom is -0.497 e.